The van der Waals surface area contributed by atoms with E-state index in [1.807, 2.05) is 0 Å². The summed E-state index contributed by atoms with van der Waals surface area (Å²) in [4.78, 5) is 0. The molecule has 192 valence electrons. The van der Waals surface area contributed by atoms with E-state index in [0.717, 1.165) is 0 Å². The Morgan fingerprint density at radius 3 is 2.16 bits per heavy atom. The topological polar surface area (TPSA) is 0 Å². The molecule has 2 radical (unpaired) electrons. The van der Waals surface area contributed by atoms with Crippen molar-refractivity contribution in [3.8, 4) is 0 Å². The van der Waals surface area contributed by atoms with Crippen molar-refractivity contribution < 1.29 is 17.1 Å². The Balaban J connectivity index is 0.000000716. The van der Waals surface area contributed by atoms with Gasteiger partial charge in [-0.25, -0.2) is 5.73 Å². The molecule has 3 aliphatic carbocycles. The van der Waals surface area contributed by atoms with E-state index in [2.05, 4.69) is 158 Å². The van der Waals surface area contributed by atoms with Gasteiger partial charge in [0.05, 0.1) is 0 Å². The quantitative estimate of drug-likeness (QED) is 0.145. The number of rotatable bonds is 5. The predicted octanol–water partition coefficient (Wildman–Crippen LogP) is 9.43. The van der Waals surface area contributed by atoms with Gasteiger partial charge in [-0.05, 0) is 51.1 Å². The van der Waals surface area contributed by atoms with Gasteiger partial charge in [-0.15, -0.1) is 29.6 Å². The van der Waals surface area contributed by atoms with Crippen molar-refractivity contribution in [3.05, 3.63) is 124 Å². The molecule has 0 nitrogen and oxygen atoms in total. The van der Waals surface area contributed by atoms with Crippen LogP contribution in [-0.4, -0.2) is 16.0 Å². The SMILES string of the molecule is Cc1ccccc1P(C1=C[CH]C=C[C-]1C)[C@@H](C)C1=C(P(C(C)(C)C)C(C)(C)C)C=C=C1.[C]1=C=C=C=[C-]1.[Fe+2]. The van der Waals surface area contributed by atoms with Crippen LogP contribution in [0.1, 0.15) is 61.0 Å². The van der Waals surface area contributed by atoms with Crippen molar-refractivity contribution in [3.63, 3.8) is 0 Å². The van der Waals surface area contributed by atoms with Gasteiger partial charge in [0.1, 0.15) is 0 Å². The zero-order valence-corrected chi connectivity index (χ0v) is 26.5. The Hall–Kier alpha value is -1.71. The number of hydrogen-bond donors (Lipinski definition) is 0. The van der Waals surface area contributed by atoms with Gasteiger partial charge in [0.2, 0.25) is 0 Å². The van der Waals surface area contributed by atoms with Gasteiger partial charge in [-0.2, -0.15) is 24.1 Å². The summed E-state index contributed by atoms with van der Waals surface area (Å²) < 4.78 is 0. The smallest absolute Gasteiger partial charge is 0.288 e. The standard InChI is InChI=1S/C29H38P2.C5.Fe/c1-21-15-10-12-18-25(21)30(26-19-13-11-16-22(26)2)23(3)24-17-14-20-27(24)31(28(4,5)6)29(7,8)9;1-2-4-5-3-1;/h10-13,15-20,23H,1-9H3;;/q2*-1;+2/t23-;;/m0../s1. The van der Waals surface area contributed by atoms with Gasteiger partial charge in [-0.1, -0.05) is 95.5 Å². The van der Waals surface area contributed by atoms with E-state index in [0.29, 0.717) is 5.66 Å². The van der Waals surface area contributed by atoms with Gasteiger partial charge in [0.15, 0.2) is 0 Å². The number of aryl methyl sites for hydroxylation is 1. The average molecular weight is 564 g/mol. The summed E-state index contributed by atoms with van der Waals surface area (Å²) in [6.07, 6.45) is 18.6. The van der Waals surface area contributed by atoms with Crippen LogP contribution >= 0.6 is 15.8 Å². The summed E-state index contributed by atoms with van der Waals surface area (Å²) in [5.74, 6) is 1.40. The van der Waals surface area contributed by atoms with Crippen LogP contribution in [0.4, 0.5) is 0 Å². The molecule has 1 aromatic rings. The van der Waals surface area contributed by atoms with Crippen molar-refractivity contribution in [2.75, 3.05) is 0 Å². The first kappa shape index (κ1) is 31.5. The van der Waals surface area contributed by atoms with E-state index >= 15 is 0 Å². The second-order valence-electron chi connectivity index (χ2n) is 11.2. The van der Waals surface area contributed by atoms with Gasteiger partial charge in [-0.3, -0.25) is 11.5 Å². The monoisotopic (exact) mass is 564 g/mol. The van der Waals surface area contributed by atoms with Crippen LogP contribution in [0.3, 0.4) is 0 Å². The normalized spacial score (nSPS) is 17.2. The molecule has 0 heterocycles. The molecule has 37 heavy (non-hydrogen) atoms. The maximum Gasteiger partial charge on any atom is 2.00 e. The third kappa shape index (κ3) is 7.90. The van der Waals surface area contributed by atoms with E-state index in [1.165, 1.54) is 27.7 Å². The molecule has 0 aromatic heterocycles. The van der Waals surface area contributed by atoms with Crippen LogP contribution in [0.2, 0.25) is 0 Å². The third-order valence-electron chi connectivity index (χ3n) is 6.24. The molecule has 4 rings (SSSR count). The van der Waals surface area contributed by atoms with Gasteiger partial charge in [0.25, 0.3) is 0 Å². The third-order valence-corrected chi connectivity index (χ3v) is 12.9. The van der Waals surface area contributed by atoms with Crippen LogP contribution in [0.5, 0.6) is 0 Å². The predicted molar refractivity (Wildman–Crippen MR) is 161 cm³/mol. The number of hydrogen-bond acceptors (Lipinski definition) is 0. The minimum absolute atomic E-state index is 0. The molecule has 3 heteroatoms. The van der Waals surface area contributed by atoms with E-state index < -0.39 is 7.92 Å². The van der Waals surface area contributed by atoms with Crippen LogP contribution < -0.4 is 5.30 Å². The van der Waals surface area contributed by atoms with Crippen LogP contribution in [0.25, 0.3) is 0 Å². The second-order valence-corrected chi connectivity index (χ2v) is 17.5. The maximum atomic E-state index is 3.52. The molecule has 0 saturated heterocycles. The molecule has 2 atom stereocenters. The van der Waals surface area contributed by atoms with Crippen molar-refractivity contribution in [2.24, 2.45) is 0 Å². The Morgan fingerprint density at radius 2 is 1.65 bits per heavy atom. The molecule has 0 bridgehead atoms. The number of allylic oxidation sites excluding steroid dienone is 9. The van der Waals surface area contributed by atoms with Crippen LogP contribution in [-0.2, 0) is 17.1 Å². The van der Waals surface area contributed by atoms with E-state index in [1.54, 1.807) is 5.31 Å². The fraction of sp³-hybridized carbons (Fsp3) is 0.353. The molecule has 0 saturated carbocycles. The van der Waals surface area contributed by atoms with Crippen molar-refractivity contribution in [1.29, 1.82) is 0 Å². The molecule has 0 spiro atoms. The molecule has 0 N–H and O–H groups in total. The summed E-state index contributed by atoms with van der Waals surface area (Å²) >= 11 is 0. The van der Waals surface area contributed by atoms with E-state index in [-0.39, 0.29) is 35.3 Å². The Morgan fingerprint density at radius 1 is 0.973 bits per heavy atom. The maximum absolute atomic E-state index is 3.52. The summed E-state index contributed by atoms with van der Waals surface area (Å²) in [6.45, 7) is 21.5. The summed E-state index contributed by atoms with van der Waals surface area (Å²) in [5.41, 5.74) is 14.4. The van der Waals surface area contributed by atoms with Gasteiger partial charge in [0, 0.05) is 5.66 Å². The first-order valence-corrected chi connectivity index (χ1v) is 15.3. The first-order valence-electron chi connectivity index (χ1n) is 12.6. The summed E-state index contributed by atoms with van der Waals surface area (Å²) in [5, 5.41) is 5.05. The minimum atomic E-state index is -0.527. The van der Waals surface area contributed by atoms with Crippen LogP contribution in [0, 0.1) is 31.4 Å². The largest absolute Gasteiger partial charge is 2.00 e. The molecular weight excluding hydrogens is 526 g/mol. The summed E-state index contributed by atoms with van der Waals surface area (Å²) in [7, 11) is -0.879. The van der Waals surface area contributed by atoms with E-state index in [4.69, 9.17) is 0 Å². The van der Waals surface area contributed by atoms with Gasteiger partial charge >= 0.3 is 17.1 Å². The fourth-order valence-corrected chi connectivity index (χ4v) is 12.4. The molecule has 0 aliphatic heterocycles. The Labute approximate surface area is 239 Å². The zero-order valence-electron chi connectivity index (χ0n) is 23.6. The summed E-state index contributed by atoms with van der Waals surface area (Å²) in [6, 6.07) is 8.99. The second kappa shape index (κ2) is 13.4. The Bertz CT molecular complexity index is 1240. The molecule has 0 fully saturated rings. The number of benzene rings is 1. The van der Waals surface area contributed by atoms with Crippen molar-refractivity contribution >= 4 is 21.1 Å². The fourth-order valence-electron chi connectivity index (χ4n) is 5.13. The van der Waals surface area contributed by atoms with Crippen molar-refractivity contribution in [2.45, 2.75) is 78.3 Å². The average Bonchev–Trinajstić information content (AvgIpc) is 3.50. The van der Waals surface area contributed by atoms with Crippen LogP contribution in [0.15, 0.2) is 93.8 Å². The van der Waals surface area contributed by atoms with Crippen molar-refractivity contribution in [1.82, 2.24) is 0 Å². The molecule has 0 amide bonds. The van der Waals surface area contributed by atoms with E-state index in [9.17, 15) is 0 Å². The molecule has 1 unspecified atom stereocenters. The molecule has 3 aliphatic rings. The zero-order chi connectivity index (χ0) is 26.5. The first-order chi connectivity index (χ1) is 16.9. The van der Waals surface area contributed by atoms with Gasteiger partial charge < -0.3 is 0 Å². The Kier molecular flexibility index (Phi) is 11.4. The molecule has 1 aromatic carbocycles. The minimum Gasteiger partial charge on any atom is -0.288 e. The molecular formula is C34H38FeP2.